The summed E-state index contributed by atoms with van der Waals surface area (Å²) >= 11 is 0. The maximum Gasteiger partial charge on any atom is 0.329 e. The highest BCUT2D eigenvalue weighted by atomic mass is 16.4. The molecule has 0 radical (unpaired) electrons. The fraction of sp³-hybridized carbons (Fsp3) is 0.286. The van der Waals surface area contributed by atoms with Crippen molar-refractivity contribution in [1.82, 2.24) is 5.32 Å². The summed E-state index contributed by atoms with van der Waals surface area (Å²) in [6.07, 6.45) is 1.76. The van der Waals surface area contributed by atoms with Gasteiger partial charge >= 0.3 is 5.97 Å². The van der Waals surface area contributed by atoms with Crippen molar-refractivity contribution < 1.29 is 14.7 Å². The summed E-state index contributed by atoms with van der Waals surface area (Å²) in [6.45, 7) is 0. The third-order valence-electron chi connectivity index (χ3n) is 3.06. The summed E-state index contributed by atoms with van der Waals surface area (Å²) in [5.74, 6) is 3.59. The molecule has 4 nitrogen and oxygen atoms in total. The van der Waals surface area contributed by atoms with Gasteiger partial charge in [-0.15, -0.1) is 0 Å². The second-order valence-electron chi connectivity index (χ2n) is 4.31. The van der Waals surface area contributed by atoms with Gasteiger partial charge in [0.25, 0.3) is 5.91 Å². The van der Waals surface area contributed by atoms with Crippen molar-refractivity contribution in [2.75, 3.05) is 0 Å². The molecule has 0 atom stereocenters. The van der Waals surface area contributed by atoms with Crippen LogP contribution < -0.4 is 5.32 Å². The second-order valence-corrected chi connectivity index (χ2v) is 4.31. The minimum atomic E-state index is -1.09. The number of rotatable bonds is 2. The van der Waals surface area contributed by atoms with E-state index in [0.29, 0.717) is 12.8 Å². The topological polar surface area (TPSA) is 66.4 Å². The SMILES string of the molecule is O=C(C#Cc1ccccc1)NC1(C(=O)O)CCC1. The van der Waals surface area contributed by atoms with E-state index in [4.69, 9.17) is 5.11 Å². The summed E-state index contributed by atoms with van der Waals surface area (Å²) in [4.78, 5) is 22.6. The van der Waals surface area contributed by atoms with Crippen LogP contribution in [0.4, 0.5) is 0 Å². The number of carbonyl (C=O) groups is 2. The molecule has 2 N–H and O–H groups in total. The van der Waals surface area contributed by atoms with Crippen molar-refractivity contribution in [3.63, 3.8) is 0 Å². The maximum atomic E-state index is 11.6. The number of hydrogen-bond acceptors (Lipinski definition) is 2. The smallest absolute Gasteiger partial charge is 0.329 e. The Labute approximate surface area is 105 Å². The molecule has 1 fully saturated rings. The Morgan fingerprint density at radius 2 is 1.89 bits per heavy atom. The highest BCUT2D eigenvalue weighted by molar-refractivity contribution is 5.98. The predicted octanol–water partition coefficient (Wildman–Crippen LogP) is 1.16. The molecule has 1 aromatic rings. The van der Waals surface area contributed by atoms with E-state index in [1.165, 1.54) is 0 Å². The van der Waals surface area contributed by atoms with Gasteiger partial charge < -0.3 is 10.4 Å². The standard InChI is InChI=1S/C14H13NO3/c16-12(8-7-11-5-2-1-3-6-11)15-14(13(17)18)9-4-10-14/h1-3,5-6H,4,9-10H2,(H,15,16)(H,17,18). The van der Waals surface area contributed by atoms with Crippen molar-refractivity contribution in [1.29, 1.82) is 0 Å². The van der Waals surface area contributed by atoms with Crippen molar-refractivity contribution in [3.05, 3.63) is 35.9 Å². The molecule has 0 aromatic heterocycles. The number of hydrogen-bond donors (Lipinski definition) is 2. The Kier molecular flexibility index (Phi) is 3.33. The van der Waals surface area contributed by atoms with E-state index >= 15 is 0 Å². The predicted molar refractivity (Wildman–Crippen MR) is 65.7 cm³/mol. The molecule has 0 bridgehead atoms. The van der Waals surface area contributed by atoms with E-state index in [9.17, 15) is 9.59 Å². The fourth-order valence-corrected chi connectivity index (χ4v) is 1.82. The maximum absolute atomic E-state index is 11.6. The van der Waals surface area contributed by atoms with E-state index in [1.807, 2.05) is 18.2 Å². The van der Waals surface area contributed by atoms with Crippen LogP contribution in [-0.2, 0) is 9.59 Å². The van der Waals surface area contributed by atoms with Gasteiger partial charge in [-0.3, -0.25) is 4.79 Å². The van der Waals surface area contributed by atoms with Gasteiger partial charge in [-0.1, -0.05) is 24.1 Å². The molecule has 0 unspecified atom stereocenters. The number of carbonyl (C=O) groups excluding carboxylic acids is 1. The van der Waals surface area contributed by atoms with Crippen LogP contribution in [0.5, 0.6) is 0 Å². The summed E-state index contributed by atoms with van der Waals surface area (Å²) < 4.78 is 0. The Morgan fingerprint density at radius 3 is 2.39 bits per heavy atom. The molecule has 2 rings (SSSR count). The van der Waals surface area contributed by atoms with Crippen LogP contribution >= 0.6 is 0 Å². The first-order valence-corrected chi connectivity index (χ1v) is 5.75. The van der Waals surface area contributed by atoms with Gasteiger partial charge in [0, 0.05) is 11.5 Å². The van der Waals surface area contributed by atoms with Gasteiger partial charge in [-0.05, 0) is 31.4 Å². The molecule has 0 spiro atoms. The number of carboxylic acids is 1. The van der Waals surface area contributed by atoms with Crippen LogP contribution in [0.3, 0.4) is 0 Å². The van der Waals surface area contributed by atoms with Crippen molar-refractivity contribution in [2.45, 2.75) is 24.8 Å². The normalized spacial score (nSPS) is 15.8. The molecule has 1 aliphatic carbocycles. The first-order chi connectivity index (χ1) is 8.62. The number of nitrogens with one attached hydrogen (secondary N) is 1. The first kappa shape index (κ1) is 12.2. The number of carboxylic acid groups (broad SMARTS) is 1. The molecule has 1 aromatic carbocycles. The summed E-state index contributed by atoms with van der Waals surface area (Å²) in [5.41, 5.74) is -0.367. The third kappa shape index (κ3) is 2.51. The van der Waals surface area contributed by atoms with Crippen molar-refractivity contribution in [3.8, 4) is 11.8 Å². The molecule has 0 saturated heterocycles. The van der Waals surface area contributed by atoms with Crippen LogP contribution in [0.1, 0.15) is 24.8 Å². The van der Waals surface area contributed by atoms with Crippen LogP contribution in [0.15, 0.2) is 30.3 Å². The molecule has 1 amide bonds. The second kappa shape index (κ2) is 4.92. The molecule has 1 aliphatic rings. The summed E-state index contributed by atoms with van der Waals surface area (Å²) in [7, 11) is 0. The zero-order valence-corrected chi connectivity index (χ0v) is 9.77. The lowest BCUT2D eigenvalue weighted by Crippen LogP contribution is -2.58. The summed E-state index contributed by atoms with van der Waals surface area (Å²) in [5, 5.41) is 11.5. The molecule has 92 valence electrons. The fourth-order valence-electron chi connectivity index (χ4n) is 1.82. The first-order valence-electron chi connectivity index (χ1n) is 5.75. The van der Waals surface area contributed by atoms with Gasteiger partial charge in [0.05, 0.1) is 0 Å². The molecule has 18 heavy (non-hydrogen) atoms. The van der Waals surface area contributed by atoms with Crippen molar-refractivity contribution >= 4 is 11.9 Å². The third-order valence-corrected chi connectivity index (χ3v) is 3.06. The lowest BCUT2D eigenvalue weighted by atomic mass is 9.77. The Morgan fingerprint density at radius 1 is 1.22 bits per heavy atom. The van der Waals surface area contributed by atoms with Crippen LogP contribution in [0, 0.1) is 11.8 Å². The number of amides is 1. The molecule has 0 aliphatic heterocycles. The van der Waals surface area contributed by atoms with E-state index in [0.717, 1.165) is 12.0 Å². The monoisotopic (exact) mass is 243 g/mol. The highest BCUT2D eigenvalue weighted by Gasteiger charge is 2.45. The van der Waals surface area contributed by atoms with E-state index in [1.54, 1.807) is 12.1 Å². The Balaban J connectivity index is 2.02. The van der Waals surface area contributed by atoms with Gasteiger partial charge in [0.2, 0.25) is 0 Å². The average Bonchev–Trinajstić information content (AvgIpc) is 2.32. The number of benzene rings is 1. The van der Waals surface area contributed by atoms with E-state index in [-0.39, 0.29) is 0 Å². The van der Waals surface area contributed by atoms with Gasteiger partial charge in [0.15, 0.2) is 0 Å². The highest BCUT2D eigenvalue weighted by Crippen LogP contribution is 2.31. The van der Waals surface area contributed by atoms with Gasteiger partial charge in [0.1, 0.15) is 5.54 Å². The zero-order chi connectivity index (χ0) is 13.0. The average molecular weight is 243 g/mol. The lowest BCUT2D eigenvalue weighted by molar-refractivity contribution is -0.150. The molecule has 1 saturated carbocycles. The molecule has 4 heteroatoms. The zero-order valence-electron chi connectivity index (χ0n) is 9.77. The van der Waals surface area contributed by atoms with Crippen LogP contribution in [0.2, 0.25) is 0 Å². The van der Waals surface area contributed by atoms with E-state index < -0.39 is 17.4 Å². The summed E-state index contributed by atoms with van der Waals surface area (Å²) in [6, 6.07) is 9.09. The van der Waals surface area contributed by atoms with Crippen molar-refractivity contribution in [2.24, 2.45) is 0 Å². The lowest BCUT2D eigenvalue weighted by Gasteiger charge is -2.37. The molecule has 0 heterocycles. The Bertz CT molecular complexity index is 521. The van der Waals surface area contributed by atoms with Gasteiger partial charge in [-0.2, -0.15) is 0 Å². The minimum Gasteiger partial charge on any atom is -0.480 e. The van der Waals surface area contributed by atoms with Gasteiger partial charge in [-0.25, -0.2) is 4.79 Å². The largest absolute Gasteiger partial charge is 0.480 e. The molecular weight excluding hydrogens is 230 g/mol. The van der Waals surface area contributed by atoms with Crippen LogP contribution in [-0.4, -0.2) is 22.5 Å². The van der Waals surface area contributed by atoms with E-state index in [2.05, 4.69) is 17.2 Å². The minimum absolute atomic E-state index is 0.473. The number of aliphatic carboxylic acids is 1. The Hall–Kier alpha value is -2.28. The molecular formula is C14H13NO3. The van der Waals surface area contributed by atoms with Crippen LogP contribution in [0.25, 0.3) is 0 Å². The quantitative estimate of drug-likeness (QED) is 0.766.